The summed E-state index contributed by atoms with van der Waals surface area (Å²) >= 11 is 1.05. The molecule has 2 N–H and O–H groups in total. The number of hydrogen-bond acceptors (Lipinski definition) is 5. The van der Waals surface area contributed by atoms with Gasteiger partial charge in [-0.25, -0.2) is 4.79 Å². The summed E-state index contributed by atoms with van der Waals surface area (Å²) in [7, 11) is 0. The van der Waals surface area contributed by atoms with E-state index in [0.717, 1.165) is 18.2 Å². The third kappa shape index (κ3) is 7.21. The monoisotopic (exact) mass is 236 g/mol. The Bertz CT molecular complexity index is 217. The number of aliphatic carboxylic acids is 1. The molecule has 0 aliphatic carbocycles. The van der Waals surface area contributed by atoms with E-state index in [9.17, 15) is 9.59 Å². The third-order valence-electron chi connectivity index (χ3n) is 1.51. The quantitative estimate of drug-likeness (QED) is 0.503. The number of hydrogen-bond donors (Lipinski definition) is 2. The highest BCUT2D eigenvalue weighted by Gasteiger charge is 2.18. The second-order valence-electron chi connectivity index (χ2n) is 3.04. The van der Waals surface area contributed by atoms with Crippen LogP contribution in [-0.4, -0.2) is 39.4 Å². The molecule has 0 bridgehead atoms. The van der Waals surface area contributed by atoms with Crippen molar-refractivity contribution in [2.75, 3.05) is 5.75 Å². The molecule has 0 fully saturated rings. The van der Waals surface area contributed by atoms with Gasteiger partial charge in [0.2, 0.25) is 0 Å². The Hall–Kier alpha value is -0.750. The first-order chi connectivity index (χ1) is 6.97. The van der Waals surface area contributed by atoms with Gasteiger partial charge in [0, 0.05) is 0 Å². The molecule has 6 heteroatoms. The van der Waals surface area contributed by atoms with Crippen LogP contribution < -0.4 is 0 Å². The molecule has 5 nitrogen and oxygen atoms in total. The molecule has 0 radical (unpaired) electrons. The van der Waals surface area contributed by atoms with Crippen molar-refractivity contribution in [3.05, 3.63) is 0 Å². The van der Waals surface area contributed by atoms with E-state index >= 15 is 0 Å². The van der Waals surface area contributed by atoms with Crippen LogP contribution in [-0.2, 0) is 14.3 Å². The highest BCUT2D eigenvalue weighted by molar-refractivity contribution is 8.00. The first-order valence-corrected chi connectivity index (χ1v) is 5.74. The number of carbonyl (C=O) groups excluding carboxylic acids is 1. The zero-order chi connectivity index (χ0) is 11.8. The summed E-state index contributed by atoms with van der Waals surface area (Å²) in [6, 6.07) is 0. The molecule has 0 aromatic heterocycles. The van der Waals surface area contributed by atoms with Crippen LogP contribution in [0.2, 0.25) is 0 Å². The molecule has 0 spiro atoms. The van der Waals surface area contributed by atoms with Crippen molar-refractivity contribution >= 4 is 23.7 Å². The number of carboxylic acids is 1. The molecule has 0 aromatic rings. The van der Waals surface area contributed by atoms with Crippen molar-refractivity contribution in [2.45, 2.75) is 38.2 Å². The summed E-state index contributed by atoms with van der Waals surface area (Å²) in [5, 5.41) is 17.4. The lowest BCUT2D eigenvalue weighted by Gasteiger charge is -2.16. The number of esters is 1. The van der Waals surface area contributed by atoms with E-state index in [1.54, 1.807) is 0 Å². The van der Waals surface area contributed by atoms with Gasteiger partial charge in [-0.2, -0.15) is 0 Å². The van der Waals surface area contributed by atoms with Gasteiger partial charge in [0.25, 0.3) is 0 Å². The van der Waals surface area contributed by atoms with Crippen molar-refractivity contribution in [1.29, 1.82) is 0 Å². The van der Waals surface area contributed by atoms with E-state index in [0.29, 0.717) is 6.42 Å². The minimum Gasteiger partial charge on any atom is -0.481 e. The Labute approximate surface area is 92.8 Å². The number of rotatable bonds is 7. The predicted octanol–water partition coefficient (Wildman–Crippen LogP) is 0.854. The summed E-state index contributed by atoms with van der Waals surface area (Å²) in [4.78, 5) is 21.4. The molecular weight excluding hydrogens is 220 g/mol. The molecule has 0 amide bonds. The Morgan fingerprint density at radius 3 is 2.47 bits per heavy atom. The molecule has 88 valence electrons. The number of aliphatic hydroxyl groups excluding tert-OH is 1. The lowest BCUT2D eigenvalue weighted by Crippen LogP contribution is -2.25. The molecular formula is C9H16O5S. The van der Waals surface area contributed by atoms with Gasteiger partial charge in [-0.15, -0.1) is 11.8 Å². The topological polar surface area (TPSA) is 83.8 Å². The highest BCUT2D eigenvalue weighted by atomic mass is 32.2. The van der Waals surface area contributed by atoms with Crippen LogP contribution in [0.25, 0.3) is 0 Å². The van der Waals surface area contributed by atoms with Crippen molar-refractivity contribution in [3.63, 3.8) is 0 Å². The molecule has 2 atom stereocenters. The van der Waals surface area contributed by atoms with Crippen LogP contribution in [0.4, 0.5) is 0 Å². The molecule has 15 heavy (non-hydrogen) atoms. The van der Waals surface area contributed by atoms with E-state index in [1.165, 1.54) is 6.92 Å². The molecule has 0 rings (SSSR count). The number of carboxylic acid groups (broad SMARTS) is 1. The van der Waals surface area contributed by atoms with E-state index in [-0.39, 0.29) is 5.75 Å². The smallest absolute Gasteiger partial charge is 0.335 e. The van der Waals surface area contributed by atoms with Gasteiger partial charge in [-0.3, -0.25) is 4.79 Å². The van der Waals surface area contributed by atoms with Crippen LogP contribution in [0.3, 0.4) is 0 Å². The summed E-state index contributed by atoms with van der Waals surface area (Å²) in [6.45, 7) is 3.22. The molecule has 2 unspecified atom stereocenters. The maximum atomic E-state index is 11.0. The van der Waals surface area contributed by atoms with Crippen LogP contribution in [0.5, 0.6) is 0 Å². The normalized spacial score (nSPS) is 14.3. The lowest BCUT2D eigenvalue weighted by molar-refractivity contribution is -0.154. The number of thioether (sulfide) groups is 1. The lowest BCUT2D eigenvalue weighted by atomic mass is 10.3. The van der Waals surface area contributed by atoms with Crippen molar-refractivity contribution in [2.24, 2.45) is 0 Å². The largest absolute Gasteiger partial charge is 0.481 e. The van der Waals surface area contributed by atoms with Crippen molar-refractivity contribution in [3.8, 4) is 0 Å². The van der Waals surface area contributed by atoms with E-state index < -0.39 is 23.5 Å². The fraction of sp³-hybridized carbons (Fsp3) is 0.778. The van der Waals surface area contributed by atoms with Crippen molar-refractivity contribution < 1.29 is 24.5 Å². The molecule has 0 saturated carbocycles. The summed E-state index contributed by atoms with van der Waals surface area (Å²) in [5.41, 5.74) is -0.492. The van der Waals surface area contributed by atoms with Crippen LogP contribution >= 0.6 is 11.8 Å². The summed E-state index contributed by atoms with van der Waals surface area (Å²) < 4.78 is 4.91. The van der Waals surface area contributed by atoms with Gasteiger partial charge >= 0.3 is 11.9 Å². The fourth-order valence-corrected chi connectivity index (χ4v) is 1.70. The zero-order valence-corrected chi connectivity index (χ0v) is 9.62. The van der Waals surface area contributed by atoms with E-state index in [4.69, 9.17) is 14.9 Å². The maximum Gasteiger partial charge on any atom is 0.335 e. The first kappa shape index (κ1) is 14.2. The molecule has 0 saturated heterocycles. The molecule has 0 aliphatic rings. The molecule has 0 aromatic carbocycles. The van der Waals surface area contributed by atoms with Gasteiger partial charge in [0.1, 0.15) is 11.5 Å². The van der Waals surface area contributed by atoms with E-state index in [1.807, 2.05) is 6.92 Å². The average molecular weight is 236 g/mol. The Morgan fingerprint density at radius 1 is 1.47 bits per heavy atom. The highest BCUT2D eigenvalue weighted by Crippen LogP contribution is 2.18. The standard InChI is InChI=1S/C9H16O5S/c1-3-4-8(15-5-7(11)12)14-9(13)6(2)10/h6,8,10H,3-5H2,1-2H3,(H,11,12). The summed E-state index contributed by atoms with van der Waals surface area (Å²) in [5.74, 6) is -1.78. The second-order valence-corrected chi connectivity index (χ2v) is 4.18. The maximum absolute atomic E-state index is 11.0. The van der Waals surface area contributed by atoms with Crippen molar-refractivity contribution in [1.82, 2.24) is 0 Å². The average Bonchev–Trinajstić information content (AvgIpc) is 2.14. The third-order valence-corrected chi connectivity index (χ3v) is 2.62. The van der Waals surface area contributed by atoms with Crippen LogP contribution in [0.15, 0.2) is 0 Å². The van der Waals surface area contributed by atoms with Gasteiger partial charge in [0.05, 0.1) is 5.75 Å². The van der Waals surface area contributed by atoms with Gasteiger partial charge in [0.15, 0.2) is 0 Å². The van der Waals surface area contributed by atoms with E-state index in [2.05, 4.69) is 0 Å². The fourth-order valence-electron chi connectivity index (χ4n) is 0.804. The Kier molecular flexibility index (Phi) is 7.15. The number of carbonyl (C=O) groups is 2. The SMILES string of the molecule is CCCC(OC(=O)C(C)O)SCC(=O)O. The first-order valence-electron chi connectivity index (χ1n) is 4.69. The minimum absolute atomic E-state index is 0.113. The Morgan fingerprint density at radius 2 is 2.07 bits per heavy atom. The van der Waals surface area contributed by atoms with Gasteiger partial charge < -0.3 is 14.9 Å². The van der Waals surface area contributed by atoms with Gasteiger partial charge in [-0.05, 0) is 13.3 Å². The Balaban J connectivity index is 4.03. The predicted molar refractivity (Wildman–Crippen MR) is 56.6 cm³/mol. The van der Waals surface area contributed by atoms with Crippen LogP contribution in [0.1, 0.15) is 26.7 Å². The number of aliphatic hydroxyl groups is 1. The zero-order valence-electron chi connectivity index (χ0n) is 8.80. The minimum atomic E-state index is -1.17. The van der Waals surface area contributed by atoms with Crippen LogP contribution in [0, 0.1) is 0 Å². The van der Waals surface area contributed by atoms with Gasteiger partial charge in [-0.1, -0.05) is 13.3 Å². The summed E-state index contributed by atoms with van der Waals surface area (Å²) in [6.07, 6.45) is 0.190. The second kappa shape index (κ2) is 7.53. The molecule has 0 aliphatic heterocycles. The number of ether oxygens (including phenoxy) is 1. The molecule has 0 heterocycles.